The minimum atomic E-state index is -3.67. The average molecular weight is 404 g/mol. The van der Waals surface area contributed by atoms with Crippen LogP contribution in [-0.2, 0) is 26.1 Å². The van der Waals surface area contributed by atoms with E-state index >= 15 is 0 Å². The summed E-state index contributed by atoms with van der Waals surface area (Å²) in [6.07, 6.45) is -0.377. The lowest BCUT2D eigenvalue weighted by atomic mass is 10.1. The summed E-state index contributed by atoms with van der Waals surface area (Å²) in [5.74, 6) is -0.536. The summed E-state index contributed by atoms with van der Waals surface area (Å²) in [7, 11) is -3.67. The number of nitrogens with zero attached hydrogens (tertiary/aromatic N) is 2. The first-order valence-electron chi connectivity index (χ1n) is 9.07. The van der Waals surface area contributed by atoms with E-state index in [1.165, 1.54) is 16.4 Å². The molecule has 0 radical (unpaired) electrons. The third-order valence-corrected chi connectivity index (χ3v) is 7.12. The van der Waals surface area contributed by atoms with E-state index in [1.807, 2.05) is 6.92 Å². The summed E-state index contributed by atoms with van der Waals surface area (Å²) in [6.45, 7) is 2.48. The normalized spacial score (nSPS) is 23.1. The minimum Gasteiger partial charge on any atom is -0.365 e. The van der Waals surface area contributed by atoms with Crippen LogP contribution in [0.15, 0.2) is 53.4 Å². The molecule has 2 saturated heterocycles. The number of sulfonamides is 1. The Morgan fingerprint density at radius 1 is 1.07 bits per heavy atom. The fourth-order valence-electron chi connectivity index (χ4n) is 3.68. The van der Waals surface area contributed by atoms with Crippen molar-refractivity contribution in [2.24, 2.45) is 0 Å². The van der Waals surface area contributed by atoms with Gasteiger partial charge in [-0.3, -0.25) is 4.79 Å². The van der Waals surface area contributed by atoms with Crippen molar-refractivity contribution in [3.05, 3.63) is 65.5 Å². The number of morpholine rings is 1. The van der Waals surface area contributed by atoms with E-state index in [2.05, 4.69) is 0 Å². The summed E-state index contributed by atoms with van der Waals surface area (Å²) >= 11 is 0. The van der Waals surface area contributed by atoms with Crippen molar-refractivity contribution in [3.8, 4) is 0 Å². The summed E-state index contributed by atoms with van der Waals surface area (Å²) in [5.41, 5.74) is 1.77. The molecule has 0 aliphatic carbocycles. The van der Waals surface area contributed by atoms with Gasteiger partial charge >= 0.3 is 0 Å². The lowest BCUT2D eigenvalue weighted by molar-refractivity contribution is -0.153. The topological polar surface area (TPSA) is 66.9 Å². The molecule has 0 saturated carbocycles. The van der Waals surface area contributed by atoms with Gasteiger partial charge < -0.3 is 9.64 Å². The number of hydrogen-bond donors (Lipinski definition) is 0. The number of halogens is 1. The van der Waals surface area contributed by atoms with Crippen LogP contribution in [0, 0.1) is 12.7 Å². The molecule has 0 spiro atoms. The number of carbonyl (C=O) groups is 1. The highest BCUT2D eigenvalue weighted by Crippen LogP contribution is 2.29. The zero-order valence-electron chi connectivity index (χ0n) is 15.4. The molecular weight excluding hydrogens is 383 g/mol. The fraction of sp³-hybridized carbons (Fsp3) is 0.350. The third kappa shape index (κ3) is 3.55. The maximum absolute atomic E-state index is 13.2. The average Bonchev–Trinajstić information content (AvgIpc) is 3.11. The number of hydrogen-bond acceptors (Lipinski definition) is 4. The van der Waals surface area contributed by atoms with Crippen LogP contribution in [-0.4, -0.2) is 55.4 Å². The Morgan fingerprint density at radius 3 is 2.43 bits per heavy atom. The first kappa shape index (κ1) is 19.0. The molecule has 1 amide bonds. The molecule has 2 aliphatic heterocycles. The molecule has 4 rings (SSSR count). The maximum Gasteiger partial charge on any atom is 0.249 e. The van der Waals surface area contributed by atoms with E-state index in [-0.39, 0.29) is 48.5 Å². The van der Waals surface area contributed by atoms with E-state index in [4.69, 9.17) is 4.74 Å². The third-order valence-electron chi connectivity index (χ3n) is 5.27. The molecule has 6 nitrogen and oxygen atoms in total. The first-order valence-corrected chi connectivity index (χ1v) is 10.5. The van der Waals surface area contributed by atoms with Crippen LogP contribution in [0.3, 0.4) is 0 Å². The Labute approximate surface area is 163 Å². The van der Waals surface area contributed by atoms with E-state index in [0.29, 0.717) is 6.54 Å². The number of benzene rings is 2. The van der Waals surface area contributed by atoms with Crippen LogP contribution in [0.4, 0.5) is 4.39 Å². The Balaban J connectivity index is 1.56. The van der Waals surface area contributed by atoms with Gasteiger partial charge in [0.25, 0.3) is 0 Å². The Bertz CT molecular complexity index is 976. The SMILES string of the molecule is Cc1ccc(S(=O)(=O)N2C[C@@H]3OCC(=O)N(Cc4ccc(F)cc4)[C@@H]3C2)cc1. The number of carbonyl (C=O) groups excluding carboxylic acids is 1. The van der Waals surface area contributed by atoms with Crippen molar-refractivity contribution in [1.29, 1.82) is 0 Å². The van der Waals surface area contributed by atoms with Crippen molar-refractivity contribution in [1.82, 2.24) is 9.21 Å². The lowest BCUT2D eigenvalue weighted by Gasteiger charge is -2.36. The molecule has 148 valence electrons. The summed E-state index contributed by atoms with van der Waals surface area (Å²) in [4.78, 5) is 14.3. The van der Waals surface area contributed by atoms with E-state index in [0.717, 1.165) is 11.1 Å². The highest BCUT2D eigenvalue weighted by molar-refractivity contribution is 7.89. The first-order chi connectivity index (χ1) is 13.3. The van der Waals surface area contributed by atoms with E-state index < -0.39 is 10.0 Å². The van der Waals surface area contributed by atoms with Gasteiger partial charge in [0.05, 0.1) is 17.0 Å². The number of ether oxygens (including phenoxy) is 1. The number of rotatable bonds is 4. The molecule has 0 bridgehead atoms. The van der Waals surface area contributed by atoms with Gasteiger partial charge in [-0.05, 0) is 36.8 Å². The van der Waals surface area contributed by atoms with Gasteiger partial charge in [0.1, 0.15) is 12.4 Å². The Kier molecular flexibility index (Phi) is 4.95. The monoisotopic (exact) mass is 404 g/mol. The van der Waals surface area contributed by atoms with Crippen molar-refractivity contribution in [2.75, 3.05) is 19.7 Å². The maximum atomic E-state index is 13.2. The number of amides is 1. The highest BCUT2D eigenvalue weighted by atomic mass is 32.2. The predicted octanol–water partition coefficient (Wildman–Crippen LogP) is 1.93. The Morgan fingerprint density at radius 2 is 1.75 bits per heavy atom. The van der Waals surface area contributed by atoms with Gasteiger partial charge in [0, 0.05) is 19.6 Å². The molecule has 2 atom stereocenters. The zero-order chi connectivity index (χ0) is 19.9. The molecule has 2 aromatic carbocycles. The highest BCUT2D eigenvalue weighted by Gasteiger charge is 2.46. The standard InChI is InChI=1S/C20H21FN2O4S/c1-14-2-8-17(9-3-14)28(25,26)22-11-18-19(12-22)27-13-20(24)23(18)10-15-4-6-16(21)7-5-15/h2-9,18-19H,10-13H2,1H3/t18-,19+/m1/s1. The minimum absolute atomic E-state index is 0.0826. The molecular formula is C20H21FN2O4S. The second-order valence-electron chi connectivity index (χ2n) is 7.20. The van der Waals surface area contributed by atoms with Gasteiger partial charge in [-0.2, -0.15) is 4.31 Å². The van der Waals surface area contributed by atoms with Crippen LogP contribution < -0.4 is 0 Å². The van der Waals surface area contributed by atoms with Crippen LogP contribution in [0.1, 0.15) is 11.1 Å². The van der Waals surface area contributed by atoms with Crippen LogP contribution in [0.2, 0.25) is 0 Å². The van der Waals surface area contributed by atoms with Crippen LogP contribution in [0.25, 0.3) is 0 Å². The largest absolute Gasteiger partial charge is 0.365 e. The molecule has 0 unspecified atom stereocenters. The molecule has 2 aromatic rings. The van der Waals surface area contributed by atoms with Crippen molar-refractivity contribution in [2.45, 2.75) is 30.5 Å². The smallest absolute Gasteiger partial charge is 0.249 e. The van der Waals surface area contributed by atoms with Gasteiger partial charge in [0.15, 0.2) is 0 Å². The predicted molar refractivity (Wildman–Crippen MR) is 100 cm³/mol. The second-order valence-corrected chi connectivity index (χ2v) is 9.14. The summed E-state index contributed by atoms with van der Waals surface area (Å²) in [6, 6.07) is 12.3. The summed E-state index contributed by atoms with van der Waals surface area (Å²) < 4.78 is 46.2. The lowest BCUT2D eigenvalue weighted by Crippen LogP contribution is -2.53. The number of aryl methyl sites for hydroxylation is 1. The molecule has 8 heteroatoms. The van der Waals surface area contributed by atoms with Crippen molar-refractivity contribution in [3.63, 3.8) is 0 Å². The van der Waals surface area contributed by atoms with Crippen LogP contribution in [0.5, 0.6) is 0 Å². The van der Waals surface area contributed by atoms with Gasteiger partial charge in [0.2, 0.25) is 15.9 Å². The second kappa shape index (κ2) is 7.27. The number of fused-ring (bicyclic) bond motifs is 1. The van der Waals surface area contributed by atoms with Gasteiger partial charge in [-0.1, -0.05) is 29.8 Å². The quantitative estimate of drug-likeness (QED) is 0.781. The molecule has 28 heavy (non-hydrogen) atoms. The van der Waals surface area contributed by atoms with Crippen molar-refractivity contribution < 1.29 is 22.3 Å². The van der Waals surface area contributed by atoms with Gasteiger partial charge in [-0.15, -0.1) is 0 Å². The molecule has 2 aliphatic rings. The molecule has 2 fully saturated rings. The van der Waals surface area contributed by atoms with Crippen molar-refractivity contribution >= 4 is 15.9 Å². The zero-order valence-corrected chi connectivity index (χ0v) is 16.2. The van der Waals surface area contributed by atoms with Gasteiger partial charge in [-0.25, -0.2) is 12.8 Å². The summed E-state index contributed by atoms with van der Waals surface area (Å²) in [5, 5.41) is 0. The van der Waals surface area contributed by atoms with Crippen LogP contribution >= 0.6 is 0 Å². The Hall–Kier alpha value is -2.29. The van der Waals surface area contributed by atoms with E-state index in [1.54, 1.807) is 41.3 Å². The molecule has 0 N–H and O–H groups in total. The fourth-order valence-corrected chi connectivity index (χ4v) is 5.15. The molecule has 0 aromatic heterocycles. The molecule has 2 heterocycles. The van der Waals surface area contributed by atoms with E-state index in [9.17, 15) is 17.6 Å².